The number of pyridine rings is 1. The summed E-state index contributed by atoms with van der Waals surface area (Å²) >= 11 is 0. The molecule has 0 bridgehead atoms. The van der Waals surface area contributed by atoms with Crippen molar-refractivity contribution in [2.75, 3.05) is 26.8 Å². The highest BCUT2D eigenvalue weighted by atomic mass is 19.3. The van der Waals surface area contributed by atoms with Crippen LogP contribution in [0.5, 0.6) is 17.2 Å². The number of fused-ring (bicyclic) bond motifs is 1. The van der Waals surface area contributed by atoms with Crippen molar-refractivity contribution in [3.05, 3.63) is 42.2 Å². The first-order chi connectivity index (χ1) is 18.0. The van der Waals surface area contributed by atoms with Gasteiger partial charge < -0.3 is 19.5 Å². The molecular weight excluding hydrogens is 482 g/mol. The summed E-state index contributed by atoms with van der Waals surface area (Å²) in [4.78, 5) is 19.7. The number of nitrogens with one attached hydrogen (secondary N) is 1. The topological polar surface area (TPSA) is 77.3 Å². The number of ether oxygens (including phenoxy) is 3. The van der Waals surface area contributed by atoms with Gasteiger partial charge in [0.05, 0.1) is 19.0 Å². The zero-order valence-electron chi connectivity index (χ0n) is 21.1. The number of hydrogen-bond acceptors (Lipinski definition) is 6. The molecule has 8 nitrogen and oxygen atoms in total. The Morgan fingerprint density at radius 1 is 1.19 bits per heavy atom. The van der Waals surface area contributed by atoms with Gasteiger partial charge in [0, 0.05) is 29.9 Å². The summed E-state index contributed by atoms with van der Waals surface area (Å²) in [5.41, 5.74) is 1.76. The molecule has 5 rings (SSSR count). The molecule has 1 N–H and O–H groups in total. The van der Waals surface area contributed by atoms with Crippen molar-refractivity contribution in [1.29, 1.82) is 0 Å². The van der Waals surface area contributed by atoms with Gasteiger partial charge in [0.1, 0.15) is 35.1 Å². The van der Waals surface area contributed by atoms with Gasteiger partial charge in [-0.1, -0.05) is 13.3 Å². The summed E-state index contributed by atoms with van der Waals surface area (Å²) in [6.07, 6.45) is 8.78. The number of imidazole rings is 1. The number of amides is 1. The number of alkyl halides is 2. The molecule has 0 spiro atoms. The second-order valence-corrected chi connectivity index (χ2v) is 9.50. The number of rotatable bonds is 10. The Bertz CT molecular complexity index is 1260. The van der Waals surface area contributed by atoms with Crippen molar-refractivity contribution < 1.29 is 27.8 Å². The third kappa shape index (κ3) is 5.64. The molecular formula is C27H32F2N4O4. The van der Waals surface area contributed by atoms with Gasteiger partial charge in [0.2, 0.25) is 0 Å². The molecule has 1 saturated heterocycles. The minimum atomic E-state index is -3.10. The van der Waals surface area contributed by atoms with Gasteiger partial charge in [-0.3, -0.25) is 14.1 Å². The molecule has 37 heavy (non-hydrogen) atoms. The first-order valence-electron chi connectivity index (χ1n) is 12.8. The number of carbonyl (C=O) groups is 1. The van der Waals surface area contributed by atoms with E-state index in [9.17, 15) is 13.6 Å². The van der Waals surface area contributed by atoms with Crippen LogP contribution in [0.1, 0.15) is 49.4 Å². The van der Waals surface area contributed by atoms with Crippen LogP contribution in [0.3, 0.4) is 0 Å². The Labute approximate surface area is 214 Å². The first kappa shape index (κ1) is 25.3. The minimum Gasteiger partial charge on any atom is -0.496 e. The number of hydrogen-bond donors (Lipinski definition) is 1. The molecule has 3 aromatic rings. The van der Waals surface area contributed by atoms with E-state index in [0.29, 0.717) is 29.6 Å². The Morgan fingerprint density at radius 3 is 2.73 bits per heavy atom. The molecule has 2 aliphatic rings. The summed E-state index contributed by atoms with van der Waals surface area (Å²) in [7, 11) is 1.39. The molecule has 2 fully saturated rings. The van der Waals surface area contributed by atoms with Crippen molar-refractivity contribution in [3.63, 3.8) is 0 Å². The lowest BCUT2D eigenvalue weighted by Crippen LogP contribution is -2.42. The van der Waals surface area contributed by atoms with Crippen molar-refractivity contribution in [2.45, 2.75) is 57.7 Å². The van der Waals surface area contributed by atoms with Gasteiger partial charge >= 0.3 is 6.61 Å². The summed E-state index contributed by atoms with van der Waals surface area (Å²) in [5, 5.41) is 2.81. The van der Waals surface area contributed by atoms with Crippen LogP contribution in [-0.2, 0) is 0 Å². The fraction of sp³-hybridized carbons (Fsp3) is 0.481. The van der Waals surface area contributed by atoms with Crippen LogP contribution in [0.25, 0.3) is 16.9 Å². The molecule has 1 saturated carbocycles. The maximum Gasteiger partial charge on any atom is 0.387 e. The molecule has 198 valence electrons. The van der Waals surface area contributed by atoms with Crippen LogP contribution in [0.15, 0.2) is 36.7 Å². The Hall–Kier alpha value is -3.40. The number of aromatic nitrogens is 2. The van der Waals surface area contributed by atoms with E-state index in [4.69, 9.17) is 14.2 Å². The molecule has 1 aliphatic carbocycles. The van der Waals surface area contributed by atoms with Crippen molar-refractivity contribution >= 4 is 11.6 Å². The second-order valence-electron chi connectivity index (χ2n) is 9.50. The maximum atomic E-state index is 13.3. The van der Waals surface area contributed by atoms with E-state index in [1.807, 2.05) is 22.7 Å². The lowest BCUT2D eigenvalue weighted by Gasteiger charge is -2.34. The van der Waals surface area contributed by atoms with E-state index in [1.165, 1.54) is 26.0 Å². The number of likely N-dealkylation sites (tertiary alicyclic amines) is 1. The molecule has 1 atom stereocenters. The number of benzene rings is 1. The highest BCUT2D eigenvalue weighted by molar-refractivity contribution is 6.01. The second kappa shape index (κ2) is 10.9. The van der Waals surface area contributed by atoms with Gasteiger partial charge in [-0.05, 0) is 57.0 Å². The standard InChI is InChI=1S/C27H32F2N4O4/c1-3-32-10-5-4-6-19(32)16-36-20-9-11-33-21(15-30-24(33)14-20)17-12-22(35-2)25(23(13-17)37-27(28)29)26(34)31-18-7-8-18/h9,11-15,18-19,27H,3-8,10,16H2,1-2H3,(H,31,34). The third-order valence-electron chi connectivity index (χ3n) is 7.02. The molecule has 0 radical (unpaired) electrons. The molecule has 10 heteroatoms. The molecule has 3 heterocycles. The van der Waals surface area contributed by atoms with E-state index in [1.54, 1.807) is 12.3 Å². The Morgan fingerprint density at radius 2 is 2.00 bits per heavy atom. The SMILES string of the molecule is CCN1CCCCC1COc1ccn2c(-c3cc(OC)c(C(=O)NC4CC4)c(OC(F)F)c3)cnc2c1. The maximum absolute atomic E-state index is 13.3. The lowest BCUT2D eigenvalue weighted by atomic mass is 10.0. The van der Waals surface area contributed by atoms with E-state index >= 15 is 0 Å². The van der Waals surface area contributed by atoms with Crippen molar-refractivity contribution in [1.82, 2.24) is 19.6 Å². The zero-order valence-corrected chi connectivity index (χ0v) is 21.1. The zero-order chi connectivity index (χ0) is 25.9. The average molecular weight is 515 g/mol. The van der Waals surface area contributed by atoms with Crippen LogP contribution in [-0.4, -0.2) is 65.7 Å². The fourth-order valence-corrected chi connectivity index (χ4v) is 4.92. The van der Waals surface area contributed by atoms with Crippen LogP contribution in [0, 0.1) is 0 Å². The number of piperidine rings is 1. The van der Waals surface area contributed by atoms with E-state index in [0.717, 1.165) is 38.1 Å². The Balaban J connectivity index is 1.42. The molecule has 2 aromatic heterocycles. The predicted octanol–water partition coefficient (Wildman–Crippen LogP) is 4.76. The number of nitrogens with zero attached hydrogens (tertiary/aromatic N) is 3. The number of halogens is 2. The monoisotopic (exact) mass is 514 g/mol. The Kier molecular flexibility index (Phi) is 7.45. The van der Waals surface area contributed by atoms with Gasteiger partial charge in [-0.15, -0.1) is 0 Å². The number of methoxy groups -OCH3 is 1. The number of likely N-dealkylation sites (N-methyl/N-ethyl adjacent to an activating group) is 1. The minimum absolute atomic E-state index is 0.0493. The van der Waals surface area contributed by atoms with Gasteiger partial charge in [-0.2, -0.15) is 8.78 Å². The average Bonchev–Trinajstić information content (AvgIpc) is 3.61. The molecule has 1 aliphatic heterocycles. The highest BCUT2D eigenvalue weighted by Gasteiger charge is 2.29. The number of carbonyl (C=O) groups excluding carboxylic acids is 1. The fourth-order valence-electron chi connectivity index (χ4n) is 4.92. The van der Waals surface area contributed by atoms with Gasteiger partial charge in [-0.25, -0.2) is 4.98 Å². The van der Waals surface area contributed by atoms with Crippen LogP contribution < -0.4 is 19.5 Å². The third-order valence-corrected chi connectivity index (χ3v) is 7.02. The van der Waals surface area contributed by atoms with E-state index < -0.39 is 12.5 Å². The summed E-state index contributed by atoms with van der Waals surface area (Å²) < 4.78 is 44.7. The van der Waals surface area contributed by atoms with Gasteiger partial charge in [0.25, 0.3) is 5.91 Å². The first-order valence-corrected chi connectivity index (χ1v) is 12.8. The van der Waals surface area contributed by atoms with Gasteiger partial charge in [0.15, 0.2) is 0 Å². The van der Waals surface area contributed by atoms with Crippen LogP contribution in [0.2, 0.25) is 0 Å². The van der Waals surface area contributed by atoms with Crippen LogP contribution >= 0.6 is 0 Å². The van der Waals surface area contributed by atoms with E-state index in [-0.39, 0.29) is 23.1 Å². The smallest absolute Gasteiger partial charge is 0.387 e. The summed E-state index contributed by atoms with van der Waals surface area (Å²) in [6, 6.07) is 7.23. The quantitative estimate of drug-likeness (QED) is 0.421. The molecule has 1 aromatic carbocycles. The summed E-state index contributed by atoms with van der Waals surface area (Å²) in [6.45, 7) is 1.82. The van der Waals surface area contributed by atoms with Crippen molar-refractivity contribution in [2.24, 2.45) is 0 Å². The van der Waals surface area contributed by atoms with E-state index in [2.05, 4.69) is 22.1 Å². The normalized spacial score (nSPS) is 18.2. The molecule has 1 amide bonds. The van der Waals surface area contributed by atoms with Crippen molar-refractivity contribution in [3.8, 4) is 28.5 Å². The predicted molar refractivity (Wildman–Crippen MR) is 135 cm³/mol. The lowest BCUT2D eigenvalue weighted by molar-refractivity contribution is -0.0502. The largest absolute Gasteiger partial charge is 0.496 e. The molecule has 1 unspecified atom stereocenters. The van der Waals surface area contributed by atoms with Crippen LogP contribution in [0.4, 0.5) is 8.78 Å². The summed E-state index contributed by atoms with van der Waals surface area (Å²) in [5.74, 6) is 0.123. The highest BCUT2D eigenvalue weighted by Crippen LogP contribution is 2.37.